The largest absolute Gasteiger partial charge is 0.426 e. The third-order valence-corrected chi connectivity index (χ3v) is 3.46. The van der Waals surface area contributed by atoms with Crippen LogP contribution < -0.4 is 4.74 Å². The molecule has 4 nitrogen and oxygen atoms in total. The van der Waals surface area contributed by atoms with Crippen molar-refractivity contribution in [3.8, 4) is 5.75 Å². The van der Waals surface area contributed by atoms with Crippen molar-refractivity contribution in [1.29, 1.82) is 0 Å². The monoisotopic (exact) mass is 286 g/mol. The van der Waals surface area contributed by atoms with E-state index in [0.717, 1.165) is 0 Å². The highest BCUT2D eigenvalue weighted by Gasteiger charge is 2.53. The quantitative estimate of drug-likeness (QED) is 0.682. The summed E-state index contributed by atoms with van der Waals surface area (Å²) < 4.78 is 4.94. The number of benzene rings is 1. The first-order valence-electron chi connectivity index (χ1n) is 5.04. The molecule has 1 N–H and O–H groups in total. The van der Waals surface area contributed by atoms with Crippen molar-refractivity contribution in [2.24, 2.45) is 0 Å². The molecule has 1 aromatic carbocycles. The molecule has 0 heterocycles. The zero-order chi connectivity index (χ0) is 13.3. The maximum atomic E-state index is 11.6. The summed E-state index contributed by atoms with van der Waals surface area (Å²) in [6.45, 7) is 0. The Morgan fingerprint density at radius 3 is 2.44 bits per heavy atom. The predicted octanol–water partition coefficient (Wildman–Crippen LogP) is 1.99. The highest BCUT2D eigenvalue weighted by molar-refractivity contribution is 6.56. The van der Waals surface area contributed by atoms with Gasteiger partial charge < -0.3 is 9.84 Å². The number of hydrogen-bond donors (Lipinski definition) is 1. The molecule has 1 aromatic rings. The van der Waals surface area contributed by atoms with Crippen LogP contribution >= 0.6 is 23.2 Å². The summed E-state index contributed by atoms with van der Waals surface area (Å²) in [5, 5.41) is 9.37. The summed E-state index contributed by atoms with van der Waals surface area (Å²) in [6.07, 6.45) is -0.560. The first kappa shape index (κ1) is 13.1. The first-order valence-corrected chi connectivity index (χ1v) is 5.79. The third kappa shape index (κ3) is 2.14. The number of Topliss-reactive ketones (excluding diaryl/α,β-unsaturated/α-hetero) is 1. The Bertz CT molecular complexity index is 538. The number of carbonyl (C=O) groups excluding carboxylic acids is 2. The minimum absolute atomic E-state index is 0.223. The van der Waals surface area contributed by atoms with E-state index in [1.165, 1.54) is 0 Å². The average molecular weight is 287 g/mol. The Hall–Kier alpha value is -1.36. The first-order chi connectivity index (χ1) is 8.45. The van der Waals surface area contributed by atoms with E-state index in [9.17, 15) is 14.7 Å². The molecule has 0 aliphatic heterocycles. The lowest BCUT2D eigenvalue weighted by atomic mass is 9.84. The molecule has 1 atom stereocenters. The molecule has 0 aromatic heterocycles. The molecule has 1 aliphatic carbocycles. The smallest absolute Gasteiger partial charge is 0.315 e. The van der Waals surface area contributed by atoms with E-state index in [0.29, 0.717) is 5.75 Å². The van der Waals surface area contributed by atoms with Gasteiger partial charge in [0.15, 0.2) is 5.60 Å². The standard InChI is InChI=1S/C12H8Cl2O4/c13-9-10(14)12(17,11(9)16)6-8(15)18-7-4-2-1-3-5-7/h1-5,17H,6H2. The van der Waals surface area contributed by atoms with Crippen molar-refractivity contribution >= 4 is 35.0 Å². The van der Waals surface area contributed by atoms with E-state index < -0.39 is 23.8 Å². The Kier molecular flexibility index (Phi) is 3.43. The van der Waals surface area contributed by atoms with Crippen molar-refractivity contribution in [2.45, 2.75) is 12.0 Å². The Labute approximate surface area is 113 Å². The van der Waals surface area contributed by atoms with Crippen LogP contribution in [-0.2, 0) is 9.59 Å². The minimum atomic E-state index is -2.04. The second-order valence-electron chi connectivity index (χ2n) is 3.78. The fourth-order valence-corrected chi connectivity index (χ4v) is 2.07. The van der Waals surface area contributed by atoms with Gasteiger partial charge in [-0.3, -0.25) is 9.59 Å². The molecular formula is C12H8Cl2O4. The van der Waals surface area contributed by atoms with Crippen LogP contribution in [0.25, 0.3) is 0 Å². The number of halogens is 2. The number of para-hydroxylation sites is 1. The number of esters is 1. The zero-order valence-corrected chi connectivity index (χ0v) is 10.5. The van der Waals surface area contributed by atoms with Crippen LogP contribution in [0.1, 0.15) is 6.42 Å². The molecule has 0 saturated heterocycles. The van der Waals surface area contributed by atoms with Crippen LogP contribution in [-0.4, -0.2) is 22.5 Å². The van der Waals surface area contributed by atoms with Gasteiger partial charge >= 0.3 is 5.97 Å². The summed E-state index contributed by atoms with van der Waals surface area (Å²) in [5.74, 6) is -1.21. The van der Waals surface area contributed by atoms with Crippen molar-refractivity contribution in [3.63, 3.8) is 0 Å². The SMILES string of the molecule is O=C(CC1(O)C(=O)C(Cl)=C1Cl)Oc1ccccc1. The summed E-state index contributed by atoms with van der Waals surface area (Å²) >= 11 is 11.1. The number of rotatable bonds is 3. The molecule has 18 heavy (non-hydrogen) atoms. The Balaban J connectivity index is 2.04. The summed E-state index contributed by atoms with van der Waals surface area (Å²) in [7, 11) is 0. The third-order valence-electron chi connectivity index (χ3n) is 2.51. The van der Waals surface area contributed by atoms with E-state index >= 15 is 0 Å². The topological polar surface area (TPSA) is 63.6 Å². The molecule has 0 radical (unpaired) electrons. The lowest BCUT2D eigenvalue weighted by Gasteiger charge is -2.32. The van der Waals surface area contributed by atoms with E-state index in [2.05, 4.69) is 0 Å². The highest BCUT2D eigenvalue weighted by atomic mass is 35.5. The lowest BCUT2D eigenvalue weighted by molar-refractivity contribution is -0.146. The van der Waals surface area contributed by atoms with Crippen molar-refractivity contribution in [3.05, 3.63) is 40.4 Å². The van der Waals surface area contributed by atoms with Gasteiger partial charge in [0, 0.05) is 0 Å². The molecule has 1 unspecified atom stereocenters. The van der Waals surface area contributed by atoms with Crippen LogP contribution in [0.15, 0.2) is 40.4 Å². The summed E-state index contributed by atoms with van der Waals surface area (Å²) in [5.41, 5.74) is -2.04. The van der Waals surface area contributed by atoms with Gasteiger partial charge in [0.1, 0.15) is 10.8 Å². The van der Waals surface area contributed by atoms with Gasteiger partial charge in [-0.2, -0.15) is 0 Å². The normalized spacial score (nSPS) is 22.7. The molecule has 2 rings (SSSR count). The molecule has 0 bridgehead atoms. The van der Waals surface area contributed by atoms with Gasteiger partial charge in [-0.25, -0.2) is 0 Å². The predicted molar refractivity (Wildman–Crippen MR) is 65.4 cm³/mol. The second kappa shape index (κ2) is 4.72. The molecule has 6 heteroatoms. The van der Waals surface area contributed by atoms with E-state index in [4.69, 9.17) is 27.9 Å². The number of aliphatic hydroxyl groups is 1. The number of ketones is 1. The van der Waals surface area contributed by atoms with Crippen LogP contribution in [0.2, 0.25) is 0 Å². The minimum Gasteiger partial charge on any atom is -0.426 e. The molecule has 0 spiro atoms. The van der Waals surface area contributed by atoms with E-state index in [-0.39, 0.29) is 10.1 Å². The van der Waals surface area contributed by atoms with Gasteiger partial charge in [0.2, 0.25) is 5.78 Å². The zero-order valence-electron chi connectivity index (χ0n) is 9.02. The number of hydrogen-bond acceptors (Lipinski definition) is 4. The van der Waals surface area contributed by atoms with E-state index in [1.807, 2.05) is 0 Å². The van der Waals surface area contributed by atoms with Gasteiger partial charge in [0.05, 0.1) is 11.5 Å². The Morgan fingerprint density at radius 1 is 1.28 bits per heavy atom. The molecular weight excluding hydrogens is 279 g/mol. The molecule has 1 aliphatic rings. The van der Waals surface area contributed by atoms with E-state index in [1.54, 1.807) is 30.3 Å². The van der Waals surface area contributed by atoms with Crippen LogP contribution in [0, 0.1) is 0 Å². The van der Waals surface area contributed by atoms with Gasteiger partial charge in [-0.15, -0.1) is 0 Å². The van der Waals surface area contributed by atoms with Gasteiger partial charge in [-0.1, -0.05) is 41.4 Å². The van der Waals surface area contributed by atoms with Gasteiger partial charge in [0.25, 0.3) is 0 Å². The highest BCUT2D eigenvalue weighted by Crippen LogP contribution is 2.42. The second-order valence-corrected chi connectivity index (χ2v) is 4.54. The molecule has 0 fully saturated rings. The average Bonchev–Trinajstić information content (AvgIpc) is 2.37. The fourth-order valence-electron chi connectivity index (χ4n) is 1.52. The molecule has 0 saturated carbocycles. The maximum absolute atomic E-state index is 11.6. The van der Waals surface area contributed by atoms with Crippen molar-refractivity contribution in [1.82, 2.24) is 0 Å². The summed E-state index contributed by atoms with van der Waals surface area (Å²) in [4.78, 5) is 22.9. The number of ether oxygens (including phenoxy) is 1. The van der Waals surface area contributed by atoms with Gasteiger partial charge in [-0.05, 0) is 12.1 Å². The fraction of sp³-hybridized carbons (Fsp3) is 0.167. The van der Waals surface area contributed by atoms with Crippen LogP contribution in [0.3, 0.4) is 0 Å². The van der Waals surface area contributed by atoms with Crippen LogP contribution in [0.5, 0.6) is 5.75 Å². The number of carbonyl (C=O) groups is 2. The molecule has 0 amide bonds. The lowest BCUT2D eigenvalue weighted by Crippen LogP contribution is -2.50. The van der Waals surface area contributed by atoms with Crippen molar-refractivity contribution < 1.29 is 19.4 Å². The maximum Gasteiger partial charge on any atom is 0.315 e. The van der Waals surface area contributed by atoms with Crippen LogP contribution in [0.4, 0.5) is 0 Å². The van der Waals surface area contributed by atoms with Crippen molar-refractivity contribution in [2.75, 3.05) is 0 Å². The summed E-state index contributed by atoms with van der Waals surface area (Å²) in [6, 6.07) is 8.30. The molecule has 94 valence electrons. The Morgan fingerprint density at radius 2 is 1.89 bits per heavy atom.